The van der Waals surface area contributed by atoms with Gasteiger partial charge in [-0.3, -0.25) is 14.6 Å². The van der Waals surface area contributed by atoms with Crippen molar-refractivity contribution in [1.82, 2.24) is 15.1 Å². The van der Waals surface area contributed by atoms with E-state index in [4.69, 9.17) is 4.74 Å². The Hall–Kier alpha value is -1.06. The lowest BCUT2D eigenvalue weighted by Gasteiger charge is -2.33. The van der Waals surface area contributed by atoms with Gasteiger partial charge in [0.1, 0.15) is 0 Å². The molecule has 150 valence electrons. The minimum absolute atomic E-state index is 0. The van der Waals surface area contributed by atoms with Crippen molar-refractivity contribution >= 4 is 41.8 Å². The fraction of sp³-hybridized carbons (Fsp3) is 0.833. The van der Waals surface area contributed by atoms with Crippen molar-refractivity contribution in [3.63, 3.8) is 0 Å². The van der Waals surface area contributed by atoms with Crippen molar-refractivity contribution in [2.24, 2.45) is 10.9 Å². The topological polar surface area (TPSA) is 74.2 Å². The van der Waals surface area contributed by atoms with E-state index in [1.54, 1.807) is 7.05 Å². The molecule has 2 aliphatic heterocycles. The largest absolute Gasteiger partial charge is 0.469 e. The molecule has 2 saturated heterocycles. The summed E-state index contributed by atoms with van der Waals surface area (Å²) in [6.07, 6.45) is 5.19. The minimum Gasteiger partial charge on any atom is -0.469 e. The van der Waals surface area contributed by atoms with Crippen molar-refractivity contribution in [3.8, 4) is 0 Å². The highest BCUT2D eigenvalue weighted by Gasteiger charge is 2.28. The highest BCUT2D eigenvalue weighted by molar-refractivity contribution is 14.0. The molecule has 2 aliphatic rings. The molecule has 1 amide bonds. The van der Waals surface area contributed by atoms with Gasteiger partial charge in [-0.1, -0.05) is 6.92 Å². The summed E-state index contributed by atoms with van der Waals surface area (Å²) in [5.41, 5.74) is 0. The number of guanidine groups is 1. The maximum atomic E-state index is 11.9. The summed E-state index contributed by atoms with van der Waals surface area (Å²) < 4.78 is 4.84. The summed E-state index contributed by atoms with van der Waals surface area (Å²) in [7, 11) is 3.24. The first-order valence-corrected chi connectivity index (χ1v) is 9.43. The fourth-order valence-electron chi connectivity index (χ4n) is 3.81. The third-order valence-electron chi connectivity index (χ3n) is 5.32. The normalized spacial score (nSPS) is 20.0. The zero-order valence-corrected chi connectivity index (χ0v) is 18.5. The lowest BCUT2D eigenvalue weighted by Crippen LogP contribution is -2.47. The van der Waals surface area contributed by atoms with Gasteiger partial charge in [-0.2, -0.15) is 0 Å². The van der Waals surface area contributed by atoms with E-state index in [2.05, 4.69) is 22.1 Å². The number of nitrogens with zero attached hydrogens (tertiary/aromatic N) is 3. The van der Waals surface area contributed by atoms with E-state index in [0.29, 0.717) is 18.4 Å². The molecule has 0 saturated carbocycles. The Bertz CT molecular complexity index is 493. The highest BCUT2D eigenvalue weighted by Crippen LogP contribution is 2.19. The summed E-state index contributed by atoms with van der Waals surface area (Å²) in [6.45, 7) is 5.45. The zero-order valence-electron chi connectivity index (χ0n) is 16.2. The fourth-order valence-corrected chi connectivity index (χ4v) is 3.81. The van der Waals surface area contributed by atoms with Crippen LogP contribution in [-0.2, 0) is 14.3 Å². The Morgan fingerprint density at radius 1 is 1.35 bits per heavy atom. The maximum absolute atomic E-state index is 11.9. The van der Waals surface area contributed by atoms with Crippen LogP contribution in [0.1, 0.15) is 45.4 Å². The number of methoxy groups -OCH3 is 1. The van der Waals surface area contributed by atoms with Crippen LogP contribution in [0.25, 0.3) is 0 Å². The van der Waals surface area contributed by atoms with Gasteiger partial charge in [0.2, 0.25) is 5.91 Å². The summed E-state index contributed by atoms with van der Waals surface area (Å²) >= 11 is 0. The first-order valence-electron chi connectivity index (χ1n) is 9.43. The number of rotatable bonds is 6. The van der Waals surface area contributed by atoms with Crippen molar-refractivity contribution < 1.29 is 14.3 Å². The quantitative estimate of drug-likeness (QED) is 0.272. The number of nitrogens with one attached hydrogen (secondary N) is 1. The van der Waals surface area contributed by atoms with Crippen LogP contribution >= 0.6 is 24.0 Å². The SMILES string of the molecule is CCC(CCNC(=NC)N1CCC(C(=O)OC)CC1)N1CCCC1=O.I. The number of esters is 1. The van der Waals surface area contributed by atoms with E-state index >= 15 is 0 Å². The van der Waals surface area contributed by atoms with Crippen LogP contribution in [0, 0.1) is 5.92 Å². The number of halogens is 1. The van der Waals surface area contributed by atoms with Crippen LogP contribution in [0.2, 0.25) is 0 Å². The third kappa shape index (κ3) is 5.99. The summed E-state index contributed by atoms with van der Waals surface area (Å²) in [5, 5.41) is 3.42. The number of hydrogen-bond acceptors (Lipinski definition) is 4. The third-order valence-corrected chi connectivity index (χ3v) is 5.32. The van der Waals surface area contributed by atoms with Crippen LogP contribution < -0.4 is 5.32 Å². The van der Waals surface area contributed by atoms with E-state index in [1.165, 1.54) is 7.11 Å². The molecule has 26 heavy (non-hydrogen) atoms. The van der Waals surface area contributed by atoms with Crippen molar-refractivity contribution in [1.29, 1.82) is 0 Å². The number of hydrogen-bond donors (Lipinski definition) is 1. The zero-order chi connectivity index (χ0) is 18.2. The van der Waals surface area contributed by atoms with Gasteiger partial charge in [-0.15, -0.1) is 24.0 Å². The van der Waals surface area contributed by atoms with E-state index in [9.17, 15) is 9.59 Å². The molecule has 1 atom stereocenters. The van der Waals surface area contributed by atoms with Gasteiger partial charge in [0, 0.05) is 45.7 Å². The molecule has 2 heterocycles. The van der Waals surface area contributed by atoms with Gasteiger partial charge < -0.3 is 19.9 Å². The molecular formula is C18H33IN4O3. The van der Waals surface area contributed by atoms with Gasteiger partial charge in [-0.25, -0.2) is 0 Å². The molecule has 0 aromatic rings. The van der Waals surface area contributed by atoms with E-state index < -0.39 is 0 Å². The highest BCUT2D eigenvalue weighted by atomic mass is 127. The van der Waals surface area contributed by atoms with Gasteiger partial charge in [0.05, 0.1) is 13.0 Å². The van der Waals surface area contributed by atoms with Crippen LogP contribution in [0.3, 0.4) is 0 Å². The summed E-state index contributed by atoms with van der Waals surface area (Å²) in [4.78, 5) is 32.1. The van der Waals surface area contributed by atoms with E-state index in [1.807, 2.05) is 4.90 Å². The predicted molar refractivity (Wildman–Crippen MR) is 113 cm³/mol. The Balaban J connectivity index is 0.00000338. The smallest absolute Gasteiger partial charge is 0.308 e. The Labute approximate surface area is 173 Å². The Kier molecular flexibility index (Phi) is 10.3. The molecular weight excluding hydrogens is 447 g/mol. The molecule has 1 unspecified atom stereocenters. The van der Waals surface area contributed by atoms with Gasteiger partial charge in [0.25, 0.3) is 0 Å². The molecule has 0 aromatic carbocycles. The van der Waals surface area contributed by atoms with Gasteiger partial charge >= 0.3 is 5.97 Å². The van der Waals surface area contributed by atoms with Crippen molar-refractivity contribution in [2.45, 2.75) is 51.5 Å². The van der Waals surface area contributed by atoms with Crippen LogP contribution in [0.5, 0.6) is 0 Å². The number of ether oxygens (including phenoxy) is 1. The average Bonchev–Trinajstić information content (AvgIpc) is 3.07. The first kappa shape index (κ1) is 23.0. The molecule has 0 aromatic heterocycles. The Morgan fingerprint density at radius 2 is 2.04 bits per heavy atom. The standard InChI is InChI=1S/C18H32N4O3.HI/c1-4-15(22-11-5-6-16(22)23)7-10-20-18(19-2)21-12-8-14(9-13-21)17(24)25-3;/h14-15H,4-13H2,1-3H3,(H,19,20);1H. The molecule has 7 nitrogen and oxygen atoms in total. The maximum Gasteiger partial charge on any atom is 0.308 e. The van der Waals surface area contributed by atoms with Crippen LogP contribution in [0.4, 0.5) is 0 Å². The molecule has 2 fully saturated rings. The number of piperidine rings is 1. The molecule has 0 radical (unpaired) electrons. The minimum atomic E-state index is -0.108. The molecule has 0 bridgehead atoms. The number of amides is 1. The molecule has 0 spiro atoms. The second kappa shape index (κ2) is 11.6. The molecule has 2 rings (SSSR count). The first-order chi connectivity index (χ1) is 12.1. The molecule has 0 aliphatic carbocycles. The molecule has 1 N–H and O–H groups in total. The van der Waals surface area contributed by atoms with Gasteiger partial charge in [0.15, 0.2) is 5.96 Å². The van der Waals surface area contributed by atoms with Gasteiger partial charge in [-0.05, 0) is 32.1 Å². The summed E-state index contributed by atoms with van der Waals surface area (Å²) in [5.74, 6) is 1.07. The number of carbonyl (C=O) groups excluding carboxylic acids is 2. The number of likely N-dealkylation sites (tertiary alicyclic amines) is 2. The number of carbonyl (C=O) groups is 2. The molecule has 8 heteroatoms. The average molecular weight is 480 g/mol. The Morgan fingerprint density at radius 3 is 2.54 bits per heavy atom. The summed E-state index contributed by atoms with van der Waals surface area (Å²) in [6, 6.07) is 0.311. The second-order valence-corrected chi connectivity index (χ2v) is 6.80. The van der Waals surface area contributed by atoms with E-state index in [0.717, 1.165) is 64.2 Å². The lowest BCUT2D eigenvalue weighted by atomic mass is 9.97. The number of aliphatic imine (C=N–C) groups is 1. The van der Waals surface area contributed by atoms with Crippen molar-refractivity contribution in [2.75, 3.05) is 40.3 Å². The lowest BCUT2D eigenvalue weighted by molar-refractivity contribution is -0.146. The second-order valence-electron chi connectivity index (χ2n) is 6.80. The van der Waals surface area contributed by atoms with Crippen LogP contribution in [0.15, 0.2) is 4.99 Å². The predicted octanol–water partition coefficient (Wildman–Crippen LogP) is 1.86. The van der Waals surface area contributed by atoms with Crippen LogP contribution in [-0.4, -0.2) is 74.0 Å². The monoisotopic (exact) mass is 480 g/mol. The van der Waals surface area contributed by atoms with Crippen molar-refractivity contribution in [3.05, 3.63) is 0 Å². The van der Waals surface area contributed by atoms with E-state index in [-0.39, 0.29) is 35.9 Å².